The summed E-state index contributed by atoms with van der Waals surface area (Å²) in [7, 11) is 0. The average molecular weight is 288 g/mol. The molecule has 0 radical (unpaired) electrons. The van der Waals surface area contributed by atoms with Gasteiger partial charge in [0.25, 0.3) is 0 Å². The molecule has 0 amide bonds. The van der Waals surface area contributed by atoms with E-state index in [1.165, 1.54) is 38.8 Å². The van der Waals surface area contributed by atoms with Crippen molar-refractivity contribution in [3.8, 4) is 0 Å². The van der Waals surface area contributed by atoms with Crippen LogP contribution in [0.15, 0.2) is 6.07 Å². The Morgan fingerprint density at radius 1 is 1.24 bits per heavy atom. The van der Waals surface area contributed by atoms with Crippen molar-refractivity contribution in [1.82, 2.24) is 14.9 Å². The molecule has 21 heavy (non-hydrogen) atoms. The number of nitrogens with zero attached hydrogens (tertiary/aromatic N) is 4. The van der Waals surface area contributed by atoms with Gasteiger partial charge in [-0.3, -0.25) is 10.3 Å². The second-order valence-corrected chi connectivity index (χ2v) is 6.09. The molecule has 2 saturated heterocycles. The number of aromatic nitrogens is 2. The van der Waals surface area contributed by atoms with Crippen LogP contribution in [-0.4, -0.2) is 52.9 Å². The molecule has 0 bridgehead atoms. The average Bonchev–Trinajstić information content (AvgIpc) is 2.97. The molecule has 2 aliphatic heterocycles. The molecule has 3 rings (SSSR count). The van der Waals surface area contributed by atoms with E-state index in [-0.39, 0.29) is 5.84 Å². The Morgan fingerprint density at radius 3 is 2.71 bits per heavy atom. The second-order valence-electron chi connectivity index (χ2n) is 6.09. The lowest BCUT2D eigenvalue weighted by Crippen LogP contribution is -2.41. The molecule has 0 spiro atoms. The van der Waals surface area contributed by atoms with Crippen molar-refractivity contribution in [3.05, 3.63) is 17.5 Å². The van der Waals surface area contributed by atoms with Crippen molar-refractivity contribution >= 4 is 11.8 Å². The molecule has 2 fully saturated rings. The summed E-state index contributed by atoms with van der Waals surface area (Å²) in [4.78, 5) is 13.8. The molecule has 114 valence electrons. The Bertz CT molecular complexity index is 523. The molecular weight excluding hydrogens is 264 g/mol. The standard InChI is InChI=1S/C15H24N6/c1-11-9-13(14(16)17)19-15(18-11)21-8-5-12(10-21)20-6-3-2-4-7-20/h9,12H,2-8,10H2,1H3,(H3,16,17). The van der Waals surface area contributed by atoms with E-state index in [2.05, 4.69) is 19.8 Å². The highest BCUT2D eigenvalue weighted by Crippen LogP contribution is 2.23. The van der Waals surface area contributed by atoms with Gasteiger partial charge in [0.2, 0.25) is 5.95 Å². The summed E-state index contributed by atoms with van der Waals surface area (Å²) in [5.41, 5.74) is 6.95. The number of likely N-dealkylation sites (tertiary alicyclic amines) is 1. The number of rotatable bonds is 3. The van der Waals surface area contributed by atoms with Gasteiger partial charge < -0.3 is 10.6 Å². The molecule has 0 aromatic carbocycles. The normalized spacial score (nSPS) is 23.5. The van der Waals surface area contributed by atoms with E-state index in [0.717, 1.165) is 24.7 Å². The summed E-state index contributed by atoms with van der Waals surface area (Å²) in [5, 5.41) is 7.56. The maximum absolute atomic E-state index is 7.56. The molecule has 6 nitrogen and oxygen atoms in total. The minimum absolute atomic E-state index is 0.00790. The van der Waals surface area contributed by atoms with Crippen LogP contribution in [0.5, 0.6) is 0 Å². The van der Waals surface area contributed by atoms with Crippen molar-refractivity contribution in [2.75, 3.05) is 31.1 Å². The highest BCUT2D eigenvalue weighted by molar-refractivity contribution is 5.93. The third kappa shape index (κ3) is 3.15. The second kappa shape index (κ2) is 5.97. The third-order valence-corrected chi connectivity index (χ3v) is 4.47. The van der Waals surface area contributed by atoms with Gasteiger partial charge in [-0.1, -0.05) is 6.42 Å². The Morgan fingerprint density at radius 2 is 2.00 bits per heavy atom. The van der Waals surface area contributed by atoms with Gasteiger partial charge in [0, 0.05) is 24.8 Å². The van der Waals surface area contributed by atoms with E-state index in [9.17, 15) is 0 Å². The number of nitrogens with one attached hydrogen (secondary N) is 1. The smallest absolute Gasteiger partial charge is 0.226 e. The van der Waals surface area contributed by atoms with Crippen molar-refractivity contribution in [3.63, 3.8) is 0 Å². The molecule has 1 unspecified atom stereocenters. The fourth-order valence-corrected chi connectivity index (χ4v) is 3.34. The zero-order valence-electron chi connectivity index (χ0n) is 12.7. The topological polar surface area (TPSA) is 82.1 Å². The van der Waals surface area contributed by atoms with Gasteiger partial charge in [0.05, 0.1) is 0 Å². The van der Waals surface area contributed by atoms with Gasteiger partial charge in [-0.15, -0.1) is 0 Å². The number of aryl methyl sites for hydroxylation is 1. The van der Waals surface area contributed by atoms with Gasteiger partial charge >= 0.3 is 0 Å². The van der Waals surface area contributed by atoms with Crippen LogP contribution in [0.3, 0.4) is 0 Å². The molecule has 1 atom stereocenters. The highest BCUT2D eigenvalue weighted by atomic mass is 15.3. The van der Waals surface area contributed by atoms with Crippen LogP contribution in [0.4, 0.5) is 5.95 Å². The van der Waals surface area contributed by atoms with Gasteiger partial charge in [0.15, 0.2) is 0 Å². The van der Waals surface area contributed by atoms with Crippen LogP contribution in [0.1, 0.15) is 37.1 Å². The Balaban J connectivity index is 1.72. The van der Waals surface area contributed by atoms with Crippen molar-refractivity contribution in [1.29, 1.82) is 5.41 Å². The molecule has 0 saturated carbocycles. The summed E-state index contributed by atoms with van der Waals surface area (Å²) in [5.74, 6) is 0.730. The first-order valence-corrected chi connectivity index (χ1v) is 7.82. The van der Waals surface area contributed by atoms with E-state index in [1.54, 1.807) is 6.07 Å². The van der Waals surface area contributed by atoms with Crippen LogP contribution < -0.4 is 10.6 Å². The number of piperidine rings is 1. The number of nitrogen functional groups attached to an aromatic ring is 1. The Kier molecular flexibility index (Phi) is 4.05. The first-order valence-electron chi connectivity index (χ1n) is 7.82. The lowest BCUT2D eigenvalue weighted by atomic mass is 10.1. The number of hydrogen-bond donors (Lipinski definition) is 2. The van der Waals surface area contributed by atoms with E-state index in [4.69, 9.17) is 11.1 Å². The fraction of sp³-hybridized carbons (Fsp3) is 0.667. The minimum atomic E-state index is 0.00790. The fourth-order valence-electron chi connectivity index (χ4n) is 3.34. The lowest BCUT2D eigenvalue weighted by Gasteiger charge is -2.32. The molecule has 0 aliphatic carbocycles. The van der Waals surface area contributed by atoms with Gasteiger partial charge in [0.1, 0.15) is 11.5 Å². The molecule has 3 N–H and O–H groups in total. The first-order chi connectivity index (χ1) is 10.1. The first kappa shape index (κ1) is 14.3. The molecule has 3 heterocycles. The number of hydrogen-bond acceptors (Lipinski definition) is 5. The van der Waals surface area contributed by atoms with Crippen LogP contribution in [-0.2, 0) is 0 Å². The maximum atomic E-state index is 7.56. The van der Waals surface area contributed by atoms with Crippen molar-refractivity contribution in [2.24, 2.45) is 5.73 Å². The van der Waals surface area contributed by atoms with E-state index in [0.29, 0.717) is 11.7 Å². The molecular formula is C15H24N6. The number of amidine groups is 1. The lowest BCUT2D eigenvalue weighted by molar-refractivity contribution is 0.174. The molecule has 6 heteroatoms. The van der Waals surface area contributed by atoms with Crippen LogP contribution >= 0.6 is 0 Å². The molecule has 2 aliphatic rings. The van der Waals surface area contributed by atoms with Crippen molar-refractivity contribution < 1.29 is 0 Å². The number of anilines is 1. The largest absolute Gasteiger partial charge is 0.382 e. The molecule has 1 aromatic heterocycles. The Hall–Kier alpha value is -1.69. The summed E-state index contributed by atoms with van der Waals surface area (Å²) in [6.45, 7) is 6.36. The summed E-state index contributed by atoms with van der Waals surface area (Å²) in [6, 6.07) is 2.39. The summed E-state index contributed by atoms with van der Waals surface area (Å²) in [6.07, 6.45) is 5.19. The highest BCUT2D eigenvalue weighted by Gasteiger charge is 2.29. The SMILES string of the molecule is Cc1cc(C(=N)N)nc(N2CCC(N3CCCCC3)C2)n1. The third-order valence-electron chi connectivity index (χ3n) is 4.47. The van der Waals surface area contributed by atoms with E-state index in [1.807, 2.05) is 6.92 Å². The van der Waals surface area contributed by atoms with E-state index >= 15 is 0 Å². The monoisotopic (exact) mass is 288 g/mol. The van der Waals surface area contributed by atoms with Gasteiger partial charge in [-0.2, -0.15) is 0 Å². The van der Waals surface area contributed by atoms with Crippen LogP contribution in [0.2, 0.25) is 0 Å². The maximum Gasteiger partial charge on any atom is 0.226 e. The zero-order valence-corrected chi connectivity index (χ0v) is 12.7. The van der Waals surface area contributed by atoms with Crippen LogP contribution in [0.25, 0.3) is 0 Å². The number of nitrogens with two attached hydrogens (primary N) is 1. The summed E-state index contributed by atoms with van der Waals surface area (Å²) < 4.78 is 0. The zero-order chi connectivity index (χ0) is 14.8. The van der Waals surface area contributed by atoms with Crippen LogP contribution in [0, 0.1) is 12.3 Å². The predicted molar refractivity (Wildman–Crippen MR) is 83.8 cm³/mol. The predicted octanol–water partition coefficient (Wildman–Crippen LogP) is 1.13. The quantitative estimate of drug-likeness (QED) is 0.643. The molecule has 1 aromatic rings. The van der Waals surface area contributed by atoms with Gasteiger partial charge in [-0.25, -0.2) is 9.97 Å². The van der Waals surface area contributed by atoms with Crippen molar-refractivity contribution in [2.45, 2.75) is 38.6 Å². The Labute approximate surface area is 125 Å². The van der Waals surface area contributed by atoms with E-state index < -0.39 is 0 Å². The van der Waals surface area contributed by atoms with Gasteiger partial charge in [-0.05, 0) is 45.3 Å². The minimum Gasteiger partial charge on any atom is -0.382 e. The summed E-state index contributed by atoms with van der Waals surface area (Å²) >= 11 is 0.